The predicted molar refractivity (Wildman–Crippen MR) is 58.4 cm³/mol. The lowest BCUT2D eigenvalue weighted by Crippen LogP contribution is -2.25. The highest BCUT2D eigenvalue weighted by atomic mass is 32.2. The molecule has 0 aliphatic heterocycles. The summed E-state index contributed by atoms with van der Waals surface area (Å²) in [7, 11) is -3.81. The molecule has 0 unspecified atom stereocenters. The third-order valence-electron chi connectivity index (χ3n) is 1.59. The molecule has 1 aromatic heterocycles. The van der Waals surface area contributed by atoms with E-state index in [0.29, 0.717) is 0 Å². The summed E-state index contributed by atoms with van der Waals surface area (Å²) < 4.78 is 32.9. The van der Waals surface area contributed by atoms with Crippen molar-refractivity contribution in [1.82, 2.24) is 9.71 Å². The molecule has 7 nitrogen and oxygen atoms in total. The van der Waals surface area contributed by atoms with Crippen molar-refractivity contribution in [1.29, 1.82) is 0 Å². The van der Waals surface area contributed by atoms with Crippen molar-refractivity contribution in [3.8, 4) is 0 Å². The molecule has 1 heterocycles. The quantitative estimate of drug-likeness (QED) is 0.518. The fourth-order valence-electron chi connectivity index (χ4n) is 0.819. The molecule has 0 atom stereocenters. The van der Waals surface area contributed by atoms with E-state index in [-0.39, 0.29) is 12.2 Å². The van der Waals surface area contributed by atoms with Crippen molar-refractivity contribution in [3.63, 3.8) is 0 Å². The zero-order valence-electron chi connectivity index (χ0n) is 9.20. The van der Waals surface area contributed by atoms with E-state index in [9.17, 15) is 13.2 Å². The first kappa shape index (κ1) is 13.2. The number of nitrogens with zero attached hydrogens (tertiary/aromatic N) is 2. The molecular formula is C9H12N2O5S. The Balaban J connectivity index is 2.40. The standard InChI is InChI=1S/C9H12N2O5S/c1-8(2)9(12)15-5-6-17(13,14)16-11-4-3-10-7-11/h3-4,7H,1,5-6H2,2H3. The predicted octanol–water partition coefficient (Wildman–Crippen LogP) is -0.239. The van der Waals surface area contributed by atoms with Gasteiger partial charge in [-0.25, -0.2) is 9.78 Å². The van der Waals surface area contributed by atoms with Gasteiger partial charge >= 0.3 is 16.1 Å². The molecule has 0 spiro atoms. The Morgan fingerprint density at radius 2 is 2.24 bits per heavy atom. The van der Waals surface area contributed by atoms with Crippen LogP contribution in [0.1, 0.15) is 6.92 Å². The molecule has 1 rings (SSSR count). The highest BCUT2D eigenvalue weighted by Crippen LogP contribution is 1.95. The first-order chi connectivity index (χ1) is 7.91. The number of esters is 1. The average molecular weight is 260 g/mol. The molecule has 0 N–H and O–H groups in total. The Morgan fingerprint density at radius 1 is 1.53 bits per heavy atom. The van der Waals surface area contributed by atoms with Gasteiger partial charge in [0.25, 0.3) is 0 Å². The maximum atomic E-state index is 11.4. The Bertz CT molecular complexity index is 491. The molecule has 0 fully saturated rings. The van der Waals surface area contributed by atoms with Gasteiger partial charge in [0.15, 0.2) is 0 Å². The lowest BCUT2D eigenvalue weighted by molar-refractivity contribution is -0.138. The van der Waals surface area contributed by atoms with Crippen LogP contribution < -0.4 is 4.28 Å². The first-order valence-corrected chi connectivity index (χ1v) is 6.22. The Hall–Kier alpha value is -1.83. The van der Waals surface area contributed by atoms with Crippen molar-refractivity contribution in [3.05, 3.63) is 30.9 Å². The minimum atomic E-state index is -3.81. The van der Waals surface area contributed by atoms with Crippen LogP contribution in [0.4, 0.5) is 0 Å². The van der Waals surface area contributed by atoms with Crippen LogP contribution in [0.15, 0.2) is 30.9 Å². The zero-order valence-corrected chi connectivity index (χ0v) is 10.0. The second-order valence-electron chi connectivity index (χ2n) is 3.18. The van der Waals surface area contributed by atoms with Crippen LogP contribution in [0.5, 0.6) is 0 Å². The van der Waals surface area contributed by atoms with E-state index >= 15 is 0 Å². The van der Waals surface area contributed by atoms with Gasteiger partial charge in [-0.1, -0.05) is 6.58 Å². The second kappa shape index (κ2) is 5.48. The number of hydrogen-bond acceptors (Lipinski definition) is 6. The largest absolute Gasteiger partial charge is 0.461 e. The SMILES string of the molecule is C=C(C)C(=O)OCCS(=O)(=O)On1ccnc1. The van der Waals surface area contributed by atoms with Gasteiger partial charge in [0, 0.05) is 11.8 Å². The van der Waals surface area contributed by atoms with Crippen LogP contribution in [-0.2, 0) is 19.6 Å². The van der Waals surface area contributed by atoms with E-state index < -0.39 is 21.8 Å². The van der Waals surface area contributed by atoms with Gasteiger partial charge in [-0.05, 0) is 6.92 Å². The Kier molecular flexibility index (Phi) is 4.27. The molecule has 17 heavy (non-hydrogen) atoms. The van der Waals surface area contributed by atoms with Gasteiger partial charge in [0.05, 0.1) is 6.20 Å². The third-order valence-corrected chi connectivity index (χ3v) is 2.66. The molecule has 0 aliphatic rings. The smallest absolute Gasteiger partial charge is 0.333 e. The molecule has 0 bridgehead atoms. The molecule has 0 aliphatic carbocycles. The summed E-state index contributed by atoms with van der Waals surface area (Å²) in [4.78, 5) is 14.6. The second-order valence-corrected chi connectivity index (χ2v) is 4.85. The molecule has 0 saturated carbocycles. The molecule has 0 saturated heterocycles. The Labute approximate surface area is 98.7 Å². The maximum Gasteiger partial charge on any atom is 0.333 e. The van der Waals surface area contributed by atoms with Crippen molar-refractivity contribution < 1.29 is 22.2 Å². The number of carbonyl (C=O) groups excluding carboxylic acids is 1. The van der Waals surface area contributed by atoms with Gasteiger partial charge in [-0.15, -0.1) is 0 Å². The van der Waals surface area contributed by atoms with Crippen molar-refractivity contribution in [2.45, 2.75) is 6.92 Å². The van der Waals surface area contributed by atoms with Crippen LogP contribution in [0.3, 0.4) is 0 Å². The summed E-state index contributed by atoms with van der Waals surface area (Å²) in [6.07, 6.45) is 3.89. The molecule has 8 heteroatoms. The number of aromatic nitrogens is 2. The summed E-state index contributed by atoms with van der Waals surface area (Å²) in [6, 6.07) is 0. The fourth-order valence-corrected chi connectivity index (χ4v) is 1.53. The Morgan fingerprint density at radius 3 is 2.76 bits per heavy atom. The summed E-state index contributed by atoms with van der Waals surface area (Å²) in [5, 5.41) is 0. The highest BCUT2D eigenvalue weighted by Gasteiger charge is 2.14. The summed E-state index contributed by atoms with van der Waals surface area (Å²) in [5.74, 6) is -1.08. The molecule has 0 radical (unpaired) electrons. The molecule has 0 amide bonds. The van der Waals surface area contributed by atoms with E-state index in [1.807, 2.05) is 0 Å². The lowest BCUT2D eigenvalue weighted by Gasteiger charge is -2.06. The van der Waals surface area contributed by atoms with E-state index in [0.717, 1.165) is 4.73 Å². The van der Waals surface area contributed by atoms with Crippen LogP contribution in [0.2, 0.25) is 0 Å². The first-order valence-electron chi connectivity index (χ1n) is 4.64. The zero-order chi connectivity index (χ0) is 12.9. The number of carbonyl (C=O) groups is 1. The molecule has 94 valence electrons. The van der Waals surface area contributed by atoms with Gasteiger partial charge < -0.3 is 4.74 Å². The van der Waals surface area contributed by atoms with Crippen LogP contribution >= 0.6 is 0 Å². The molecule has 1 aromatic rings. The summed E-state index contributed by atoms with van der Waals surface area (Å²) in [5.41, 5.74) is 0.206. The molecular weight excluding hydrogens is 248 g/mol. The van der Waals surface area contributed by atoms with Crippen LogP contribution in [0, 0.1) is 0 Å². The van der Waals surface area contributed by atoms with Gasteiger partial charge in [0.2, 0.25) is 0 Å². The number of imidazole rings is 1. The van der Waals surface area contributed by atoms with Crippen molar-refractivity contribution in [2.24, 2.45) is 0 Å². The number of rotatable bonds is 6. The number of hydrogen-bond donors (Lipinski definition) is 0. The minimum Gasteiger partial charge on any atom is -0.461 e. The van der Waals surface area contributed by atoms with Crippen molar-refractivity contribution >= 4 is 16.1 Å². The van der Waals surface area contributed by atoms with E-state index in [1.54, 1.807) is 0 Å². The van der Waals surface area contributed by atoms with Gasteiger partial charge in [-0.2, -0.15) is 13.1 Å². The third kappa shape index (κ3) is 4.68. The van der Waals surface area contributed by atoms with E-state index in [2.05, 4.69) is 20.6 Å². The summed E-state index contributed by atoms with van der Waals surface area (Å²) >= 11 is 0. The van der Waals surface area contributed by atoms with Crippen molar-refractivity contribution in [2.75, 3.05) is 12.4 Å². The van der Waals surface area contributed by atoms with Gasteiger partial charge in [0.1, 0.15) is 18.7 Å². The van der Waals surface area contributed by atoms with E-state index in [1.165, 1.54) is 25.6 Å². The molecule has 0 aromatic carbocycles. The van der Waals surface area contributed by atoms with Gasteiger partial charge in [-0.3, -0.25) is 4.28 Å². The number of ether oxygens (including phenoxy) is 1. The van der Waals surface area contributed by atoms with E-state index in [4.69, 9.17) is 0 Å². The van der Waals surface area contributed by atoms with Crippen LogP contribution in [-0.4, -0.2) is 36.5 Å². The topological polar surface area (TPSA) is 87.5 Å². The minimum absolute atomic E-state index is 0.206. The highest BCUT2D eigenvalue weighted by molar-refractivity contribution is 7.86. The van der Waals surface area contributed by atoms with Crippen LogP contribution in [0.25, 0.3) is 0 Å². The fraction of sp³-hybridized carbons (Fsp3) is 0.333. The maximum absolute atomic E-state index is 11.4. The lowest BCUT2D eigenvalue weighted by atomic mass is 10.4. The monoisotopic (exact) mass is 260 g/mol. The average Bonchev–Trinajstić information content (AvgIpc) is 2.68. The normalized spacial score (nSPS) is 10.9. The summed E-state index contributed by atoms with van der Waals surface area (Å²) in [6.45, 7) is 4.55.